The van der Waals surface area contributed by atoms with Crippen LogP contribution in [0.3, 0.4) is 0 Å². The number of fused-ring (bicyclic) bond motifs is 1. The number of nitrogens with one attached hydrogen (secondary N) is 2. The van der Waals surface area contributed by atoms with Gasteiger partial charge in [-0.2, -0.15) is 4.98 Å². The van der Waals surface area contributed by atoms with Crippen LogP contribution in [0.25, 0.3) is 5.65 Å². The van der Waals surface area contributed by atoms with Gasteiger partial charge in [0.2, 0.25) is 5.91 Å². The van der Waals surface area contributed by atoms with Gasteiger partial charge in [-0.3, -0.25) is 14.7 Å². The Morgan fingerprint density at radius 3 is 2.79 bits per heavy atom. The first kappa shape index (κ1) is 13.3. The number of hydrogen-bond donors (Lipinski definition) is 2. The van der Waals surface area contributed by atoms with Gasteiger partial charge >= 0.3 is 0 Å². The molecule has 19 heavy (non-hydrogen) atoms. The van der Waals surface area contributed by atoms with Crippen LogP contribution < -0.4 is 10.9 Å². The van der Waals surface area contributed by atoms with E-state index in [0.717, 1.165) is 11.4 Å². The molecular formula is C13H18N4O2. The van der Waals surface area contributed by atoms with E-state index in [1.54, 1.807) is 4.52 Å². The van der Waals surface area contributed by atoms with Gasteiger partial charge in [-0.25, -0.2) is 4.52 Å². The van der Waals surface area contributed by atoms with Gasteiger partial charge in [0.25, 0.3) is 5.56 Å². The Kier molecular flexibility index (Phi) is 3.42. The van der Waals surface area contributed by atoms with Gasteiger partial charge in [0.1, 0.15) is 0 Å². The average Bonchev–Trinajstić information content (AvgIpc) is 2.69. The molecule has 0 aliphatic rings. The van der Waals surface area contributed by atoms with Gasteiger partial charge in [-0.1, -0.05) is 13.8 Å². The summed E-state index contributed by atoms with van der Waals surface area (Å²) in [6, 6.07) is 1.81. The number of aryl methyl sites for hydroxylation is 2. The number of amides is 1. The van der Waals surface area contributed by atoms with E-state index < -0.39 is 0 Å². The zero-order chi connectivity index (χ0) is 14.2. The Morgan fingerprint density at radius 1 is 1.47 bits per heavy atom. The van der Waals surface area contributed by atoms with E-state index in [-0.39, 0.29) is 23.9 Å². The molecule has 0 saturated carbocycles. The highest BCUT2D eigenvalue weighted by Gasteiger charge is 2.13. The van der Waals surface area contributed by atoms with Crippen molar-refractivity contribution in [2.45, 2.75) is 34.2 Å². The van der Waals surface area contributed by atoms with Gasteiger partial charge in [-0.05, 0) is 13.8 Å². The molecule has 0 aromatic carbocycles. The summed E-state index contributed by atoms with van der Waals surface area (Å²) in [6.07, 6.45) is 0. The number of H-pyrrole nitrogens is 1. The van der Waals surface area contributed by atoms with Crippen LogP contribution in [0, 0.1) is 19.8 Å². The Hall–Kier alpha value is -2.11. The van der Waals surface area contributed by atoms with Crippen molar-refractivity contribution in [3.8, 4) is 0 Å². The molecule has 2 heterocycles. The second-order valence-electron chi connectivity index (χ2n) is 4.99. The quantitative estimate of drug-likeness (QED) is 0.863. The lowest BCUT2D eigenvalue weighted by molar-refractivity contribution is -0.124. The molecule has 0 radical (unpaired) electrons. The van der Waals surface area contributed by atoms with Crippen molar-refractivity contribution in [3.63, 3.8) is 0 Å². The lowest BCUT2D eigenvalue weighted by Gasteiger charge is -2.10. The molecule has 6 nitrogen and oxygen atoms in total. The summed E-state index contributed by atoms with van der Waals surface area (Å²) < 4.78 is 1.76. The first-order valence-electron chi connectivity index (χ1n) is 6.25. The minimum atomic E-state index is -0.291. The smallest absolute Gasteiger partial charge is 0.278 e. The molecule has 0 fully saturated rings. The maximum absolute atomic E-state index is 12.0. The van der Waals surface area contributed by atoms with Crippen molar-refractivity contribution < 1.29 is 4.79 Å². The molecule has 0 unspecified atom stereocenters. The predicted octanol–water partition coefficient (Wildman–Crippen LogP) is 0.912. The molecule has 0 bridgehead atoms. The molecule has 1 amide bonds. The molecule has 2 rings (SSSR count). The third-order valence-corrected chi connectivity index (χ3v) is 3.07. The summed E-state index contributed by atoms with van der Waals surface area (Å²) in [4.78, 5) is 27.5. The Bertz CT molecular complexity index is 682. The summed E-state index contributed by atoms with van der Waals surface area (Å²) in [5.41, 5.74) is 2.51. The topological polar surface area (TPSA) is 79.3 Å². The minimum absolute atomic E-state index is 0.0773. The fourth-order valence-corrected chi connectivity index (χ4v) is 1.91. The van der Waals surface area contributed by atoms with Gasteiger partial charge in [0, 0.05) is 23.4 Å². The molecule has 2 aromatic heterocycles. The second kappa shape index (κ2) is 4.87. The summed E-state index contributed by atoms with van der Waals surface area (Å²) in [7, 11) is 0. The van der Waals surface area contributed by atoms with Crippen molar-refractivity contribution in [1.82, 2.24) is 19.9 Å². The summed E-state index contributed by atoms with van der Waals surface area (Å²) >= 11 is 0. The molecule has 2 aromatic rings. The van der Waals surface area contributed by atoms with Crippen LogP contribution in [0.2, 0.25) is 0 Å². The molecule has 2 N–H and O–H groups in total. The highest BCUT2D eigenvalue weighted by atomic mass is 16.2. The third kappa shape index (κ3) is 2.52. The second-order valence-corrected chi connectivity index (χ2v) is 4.99. The van der Waals surface area contributed by atoms with Gasteiger partial charge in [-0.15, -0.1) is 0 Å². The van der Waals surface area contributed by atoms with E-state index in [1.807, 2.05) is 33.8 Å². The molecule has 102 valence electrons. The molecule has 0 saturated heterocycles. The first-order chi connectivity index (χ1) is 8.90. The van der Waals surface area contributed by atoms with E-state index in [4.69, 9.17) is 0 Å². The monoisotopic (exact) mass is 262 g/mol. The highest BCUT2D eigenvalue weighted by Crippen LogP contribution is 2.07. The van der Waals surface area contributed by atoms with E-state index in [1.165, 1.54) is 0 Å². The predicted molar refractivity (Wildman–Crippen MR) is 72.0 cm³/mol. The van der Waals surface area contributed by atoms with E-state index >= 15 is 0 Å². The number of rotatable bonds is 3. The van der Waals surface area contributed by atoms with E-state index in [9.17, 15) is 9.59 Å². The molecule has 0 atom stereocenters. The molecule has 6 heteroatoms. The lowest BCUT2D eigenvalue weighted by Crippen LogP contribution is -2.31. The van der Waals surface area contributed by atoms with Crippen molar-refractivity contribution >= 4 is 11.6 Å². The van der Waals surface area contributed by atoms with Crippen LogP contribution in [0.15, 0.2) is 10.9 Å². The number of aromatic amines is 1. The maximum atomic E-state index is 12.0. The normalized spacial score (nSPS) is 11.2. The first-order valence-corrected chi connectivity index (χ1v) is 6.25. The Morgan fingerprint density at radius 2 is 2.16 bits per heavy atom. The van der Waals surface area contributed by atoms with Gasteiger partial charge in [0.15, 0.2) is 5.65 Å². The van der Waals surface area contributed by atoms with Gasteiger partial charge in [0.05, 0.1) is 12.1 Å². The zero-order valence-electron chi connectivity index (χ0n) is 11.6. The molecular weight excluding hydrogens is 244 g/mol. The van der Waals surface area contributed by atoms with Crippen LogP contribution in [0.5, 0.6) is 0 Å². The molecule has 0 spiro atoms. The number of carbonyl (C=O) groups is 1. The number of nitrogens with zero attached hydrogens (tertiary/aromatic N) is 2. The fraction of sp³-hybridized carbons (Fsp3) is 0.462. The van der Waals surface area contributed by atoms with Crippen LogP contribution >= 0.6 is 0 Å². The van der Waals surface area contributed by atoms with Crippen molar-refractivity contribution in [2.75, 3.05) is 0 Å². The van der Waals surface area contributed by atoms with Crippen LogP contribution in [-0.4, -0.2) is 20.5 Å². The van der Waals surface area contributed by atoms with Crippen LogP contribution in [-0.2, 0) is 11.3 Å². The highest BCUT2D eigenvalue weighted by molar-refractivity contribution is 5.77. The van der Waals surface area contributed by atoms with Crippen molar-refractivity contribution in [1.29, 1.82) is 0 Å². The van der Waals surface area contributed by atoms with E-state index in [0.29, 0.717) is 11.2 Å². The molecule has 0 aliphatic carbocycles. The van der Waals surface area contributed by atoms with Crippen LogP contribution in [0.4, 0.5) is 0 Å². The summed E-state index contributed by atoms with van der Waals surface area (Å²) in [5, 5.41) is 5.85. The summed E-state index contributed by atoms with van der Waals surface area (Å²) in [6.45, 7) is 7.56. The van der Waals surface area contributed by atoms with Crippen LogP contribution in [0.1, 0.15) is 30.8 Å². The largest absolute Gasteiger partial charge is 0.352 e. The molecule has 0 aliphatic heterocycles. The van der Waals surface area contributed by atoms with Crippen molar-refractivity contribution in [2.24, 2.45) is 5.92 Å². The zero-order valence-corrected chi connectivity index (χ0v) is 11.6. The number of aromatic nitrogens is 3. The Labute approximate surface area is 110 Å². The fourth-order valence-electron chi connectivity index (χ4n) is 1.91. The average molecular weight is 262 g/mol. The summed E-state index contributed by atoms with van der Waals surface area (Å²) in [5.74, 6) is -0.181. The van der Waals surface area contributed by atoms with E-state index in [2.05, 4.69) is 15.4 Å². The number of hydrogen-bond acceptors (Lipinski definition) is 3. The maximum Gasteiger partial charge on any atom is 0.278 e. The SMILES string of the molecule is Cc1cc2nc(=O)c(CNC(=O)C(C)C)c(C)n2[nH]1. The third-order valence-electron chi connectivity index (χ3n) is 3.07. The van der Waals surface area contributed by atoms with Crippen molar-refractivity contribution in [3.05, 3.63) is 33.4 Å². The minimum Gasteiger partial charge on any atom is -0.352 e. The lowest BCUT2D eigenvalue weighted by atomic mass is 10.2. The van der Waals surface area contributed by atoms with Gasteiger partial charge < -0.3 is 5.32 Å². The standard InChI is InChI=1S/C13H18N4O2/c1-7(2)12(18)14-6-10-9(4)17-11(15-13(10)19)5-8(3)16-17/h5,7,16H,6H2,1-4H3,(H,14,18). The Balaban J connectivity index is 2.38. The number of carbonyl (C=O) groups excluding carboxylic acids is 1.